The second kappa shape index (κ2) is 3.86. The number of aryl methyl sites for hydroxylation is 1. The molecular formula is C14H9N. The van der Waals surface area contributed by atoms with Crippen LogP contribution in [0.4, 0.5) is 0 Å². The molecular weight excluding hydrogens is 182 g/mol. The Morgan fingerprint density at radius 2 is 1.73 bits per heavy atom. The van der Waals surface area contributed by atoms with Gasteiger partial charge in [0.2, 0.25) is 0 Å². The van der Waals surface area contributed by atoms with Crippen LogP contribution in [0.2, 0.25) is 0 Å². The van der Waals surface area contributed by atoms with E-state index in [1.165, 1.54) is 10.9 Å². The SMILES string of the molecule is Cc1ccc(C#CC#N)c2ccccc12. The monoisotopic (exact) mass is 191 g/mol. The molecule has 0 aromatic heterocycles. The van der Waals surface area contributed by atoms with Crippen molar-refractivity contribution in [3.63, 3.8) is 0 Å². The summed E-state index contributed by atoms with van der Waals surface area (Å²) >= 11 is 0. The maximum Gasteiger partial charge on any atom is 0.152 e. The lowest BCUT2D eigenvalue weighted by Gasteiger charge is -2.03. The van der Waals surface area contributed by atoms with Crippen LogP contribution in [0, 0.1) is 30.1 Å². The highest BCUT2D eigenvalue weighted by atomic mass is 14.2. The van der Waals surface area contributed by atoms with E-state index in [1.807, 2.05) is 36.4 Å². The Labute approximate surface area is 89.0 Å². The summed E-state index contributed by atoms with van der Waals surface area (Å²) in [4.78, 5) is 0. The smallest absolute Gasteiger partial charge is 0.152 e. The zero-order valence-corrected chi connectivity index (χ0v) is 8.41. The van der Waals surface area contributed by atoms with E-state index >= 15 is 0 Å². The van der Waals surface area contributed by atoms with Crippen LogP contribution in [-0.4, -0.2) is 0 Å². The lowest BCUT2D eigenvalue weighted by Crippen LogP contribution is -1.82. The Bertz CT molecular complexity index is 606. The van der Waals surface area contributed by atoms with Crippen molar-refractivity contribution in [2.75, 3.05) is 0 Å². The van der Waals surface area contributed by atoms with Gasteiger partial charge in [-0.3, -0.25) is 0 Å². The average Bonchev–Trinajstić information content (AvgIpc) is 2.29. The van der Waals surface area contributed by atoms with Crippen molar-refractivity contribution in [1.82, 2.24) is 0 Å². The quantitative estimate of drug-likeness (QED) is 0.587. The van der Waals surface area contributed by atoms with Gasteiger partial charge in [0.25, 0.3) is 0 Å². The summed E-state index contributed by atoms with van der Waals surface area (Å²) in [6, 6.07) is 13.9. The fourth-order valence-corrected chi connectivity index (χ4v) is 1.65. The van der Waals surface area contributed by atoms with Crippen LogP contribution in [0.3, 0.4) is 0 Å². The van der Waals surface area contributed by atoms with E-state index in [1.54, 1.807) is 0 Å². The van der Waals surface area contributed by atoms with Crippen molar-refractivity contribution in [3.8, 4) is 17.9 Å². The summed E-state index contributed by atoms with van der Waals surface area (Å²) in [5.74, 6) is 5.29. The first-order valence-electron chi connectivity index (χ1n) is 4.71. The van der Waals surface area contributed by atoms with Crippen LogP contribution < -0.4 is 0 Å². The van der Waals surface area contributed by atoms with Crippen molar-refractivity contribution in [2.45, 2.75) is 6.92 Å². The minimum absolute atomic E-state index is 0.915. The summed E-state index contributed by atoms with van der Waals surface area (Å²) in [7, 11) is 0. The Hall–Kier alpha value is -2.25. The van der Waals surface area contributed by atoms with Crippen molar-refractivity contribution in [2.24, 2.45) is 0 Å². The molecule has 0 amide bonds. The van der Waals surface area contributed by atoms with Crippen LogP contribution in [0.15, 0.2) is 36.4 Å². The Kier molecular flexibility index (Phi) is 2.40. The van der Waals surface area contributed by atoms with Gasteiger partial charge in [0.1, 0.15) is 0 Å². The van der Waals surface area contributed by atoms with Gasteiger partial charge in [-0.15, -0.1) is 0 Å². The molecule has 2 aromatic carbocycles. The second-order valence-corrected chi connectivity index (χ2v) is 3.34. The predicted molar refractivity (Wildman–Crippen MR) is 61.2 cm³/mol. The summed E-state index contributed by atoms with van der Waals surface area (Å²) in [5.41, 5.74) is 2.14. The van der Waals surface area contributed by atoms with Gasteiger partial charge in [-0.1, -0.05) is 36.3 Å². The van der Waals surface area contributed by atoms with Crippen LogP contribution in [0.1, 0.15) is 11.1 Å². The normalized spacial score (nSPS) is 9.07. The molecule has 0 atom stereocenters. The van der Waals surface area contributed by atoms with Crippen molar-refractivity contribution in [3.05, 3.63) is 47.5 Å². The highest BCUT2D eigenvalue weighted by molar-refractivity contribution is 5.90. The Morgan fingerprint density at radius 1 is 1.00 bits per heavy atom. The first-order valence-corrected chi connectivity index (χ1v) is 4.71. The molecule has 0 heterocycles. The minimum Gasteiger partial charge on any atom is -0.183 e. The lowest BCUT2D eigenvalue weighted by atomic mass is 10.0. The molecule has 0 radical (unpaired) electrons. The third kappa shape index (κ3) is 1.68. The van der Waals surface area contributed by atoms with Gasteiger partial charge in [0.15, 0.2) is 6.07 Å². The molecule has 0 aliphatic rings. The average molecular weight is 191 g/mol. The highest BCUT2D eigenvalue weighted by Crippen LogP contribution is 2.21. The van der Waals surface area contributed by atoms with Crippen molar-refractivity contribution >= 4 is 10.8 Å². The predicted octanol–water partition coefficient (Wildman–Crippen LogP) is 3.02. The molecule has 0 N–H and O–H groups in total. The summed E-state index contributed by atoms with van der Waals surface area (Å²) in [6.45, 7) is 2.07. The van der Waals surface area contributed by atoms with Crippen molar-refractivity contribution < 1.29 is 0 Å². The third-order valence-corrected chi connectivity index (χ3v) is 2.40. The topological polar surface area (TPSA) is 23.8 Å². The number of nitriles is 1. The molecule has 1 heteroatoms. The van der Waals surface area contributed by atoms with E-state index in [2.05, 4.69) is 24.8 Å². The van der Waals surface area contributed by atoms with E-state index in [4.69, 9.17) is 5.26 Å². The molecule has 1 nitrogen and oxygen atoms in total. The van der Waals surface area contributed by atoms with Gasteiger partial charge in [0.05, 0.1) is 0 Å². The molecule has 0 unspecified atom stereocenters. The third-order valence-electron chi connectivity index (χ3n) is 2.40. The summed E-state index contributed by atoms with van der Waals surface area (Å²) in [5, 5.41) is 10.7. The zero-order chi connectivity index (χ0) is 10.7. The molecule has 0 saturated carbocycles. The molecule has 0 aliphatic heterocycles. The first kappa shape index (κ1) is 9.31. The van der Waals surface area contributed by atoms with Crippen LogP contribution in [0.5, 0.6) is 0 Å². The van der Waals surface area contributed by atoms with Crippen LogP contribution in [0.25, 0.3) is 10.8 Å². The van der Waals surface area contributed by atoms with Crippen LogP contribution >= 0.6 is 0 Å². The maximum atomic E-state index is 8.43. The van der Waals surface area contributed by atoms with Gasteiger partial charge in [-0.2, -0.15) is 5.26 Å². The van der Waals surface area contributed by atoms with E-state index in [-0.39, 0.29) is 0 Å². The van der Waals surface area contributed by atoms with E-state index in [9.17, 15) is 0 Å². The molecule has 0 aliphatic carbocycles. The molecule has 0 saturated heterocycles. The molecule has 0 fully saturated rings. The number of nitrogens with zero attached hydrogens (tertiary/aromatic N) is 1. The molecule has 2 rings (SSSR count). The molecule has 15 heavy (non-hydrogen) atoms. The van der Waals surface area contributed by atoms with E-state index < -0.39 is 0 Å². The Balaban J connectivity index is 2.79. The number of hydrogen-bond donors (Lipinski definition) is 0. The van der Waals surface area contributed by atoms with Gasteiger partial charge in [-0.05, 0) is 29.3 Å². The fourth-order valence-electron chi connectivity index (χ4n) is 1.65. The van der Waals surface area contributed by atoms with Crippen molar-refractivity contribution in [1.29, 1.82) is 5.26 Å². The summed E-state index contributed by atoms with van der Waals surface area (Å²) < 4.78 is 0. The van der Waals surface area contributed by atoms with Gasteiger partial charge < -0.3 is 0 Å². The van der Waals surface area contributed by atoms with Gasteiger partial charge in [-0.25, -0.2) is 0 Å². The molecule has 2 aromatic rings. The first-order chi connectivity index (χ1) is 7.33. The van der Waals surface area contributed by atoms with Crippen LogP contribution in [-0.2, 0) is 0 Å². The Morgan fingerprint density at radius 3 is 2.47 bits per heavy atom. The second-order valence-electron chi connectivity index (χ2n) is 3.34. The molecule has 0 spiro atoms. The number of benzene rings is 2. The van der Waals surface area contributed by atoms with E-state index in [0.717, 1.165) is 10.9 Å². The highest BCUT2D eigenvalue weighted by Gasteiger charge is 1.99. The van der Waals surface area contributed by atoms with Gasteiger partial charge >= 0.3 is 0 Å². The van der Waals surface area contributed by atoms with E-state index in [0.29, 0.717) is 0 Å². The number of hydrogen-bond acceptors (Lipinski definition) is 1. The lowest BCUT2D eigenvalue weighted by molar-refractivity contribution is 1.52. The maximum absolute atomic E-state index is 8.43. The standard InChI is InChI=1S/C14H9N/c1-11-8-9-12(5-4-10-15)14-7-3-2-6-13(11)14/h2-3,6-9H,1H3. The van der Waals surface area contributed by atoms with Gasteiger partial charge in [0, 0.05) is 11.5 Å². The molecule has 70 valence electrons. The number of fused-ring (bicyclic) bond motifs is 1. The minimum atomic E-state index is 0.915. The molecule has 0 bridgehead atoms. The summed E-state index contributed by atoms with van der Waals surface area (Å²) in [6.07, 6.45) is 0. The zero-order valence-electron chi connectivity index (χ0n) is 8.41. The largest absolute Gasteiger partial charge is 0.183 e. The number of rotatable bonds is 0. The fraction of sp³-hybridized carbons (Fsp3) is 0.0714.